The molecule has 4 atom stereocenters. The first-order valence-electron chi connectivity index (χ1n) is 10.7. The van der Waals surface area contributed by atoms with Crippen LogP contribution in [-0.4, -0.2) is 52.5 Å². The Bertz CT molecular complexity index is 917. The number of nitrogens with one attached hydrogen (secondary N) is 2. The predicted molar refractivity (Wildman–Crippen MR) is 126 cm³/mol. The van der Waals surface area contributed by atoms with E-state index in [9.17, 15) is 24.6 Å². The van der Waals surface area contributed by atoms with Crippen LogP contribution >= 0.6 is 11.8 Å². The van der Waals surface area contributed by atoms with E-state index in [1.165, 1.54) is 14.2 Å². The van der Waals surface area contributed by atoms with Crippen molar-refractivity contribution in [1.82, 2.24) is 10.6 Å². The first kappa shape index (κ1) is 26.6. The van der Waals surface area contributed by atoms with E-state index in [0.29, 0.717) is 17.1 Å². The van der Waals surface area contributed by atoms with Crippen LogP contribution < -0.4 is 20.1 Å². The third-order valence-corrected chi connectivity index (χ3v) is 9.05. The normalized spacial score (nSPS) is 27.0. The molecule has 0 aromatic heterocycles. The largest absolute Gasteiger partial charge is 0.497 e. The van der Waals surface area contributed by atoms with Crippen LogP contribution in [0.3, 0.4) is 0 Å². The number of urea groups is 1. The van der Waals surface area contributed by atoms with Crippen molar-refractivity contribution in [2.75, 3.05) is 14.2 Å². The van der Waals surface area contributed by atoms with Crippen LogP contribution in [0.25, 0.3) is 0 Å². The van der Waals surface area contributed by atoms with Gasteiger partial charge in [0.25, 0.3) is 0 Å². The van der Waals surface area contributed by atoms with Gasteiger partial charge in [0.05, 0.1) is 19.6 Å². The van der Waals surface area contributed by atoms with Crippen LogP contribution in [0.1, 0.15) is 46.6 Å². The summed E-state index contributed by atoms with van der Waals surface area (Å²) >= 11 is 1.01. The summed E-state index contributed by atoms with van der Waals surface area (Å²) < 4.78 is 9.11. The summed E-state index contributed by atoms with van der Waals surface area (Å²) in [4.78, 5) is 37.8. The van der Waals surface area contributed by atoms with Crippen LogP contribution in [0.15, 0.2) is 18.2 Å². The number of hydrogen-bond donors (Lipinski definition) is 4. The van der Waals surface area contributed by atoms with Gasteiger partial charge in [0.1, 0.15) is 21.7 Å². The molecule has 1 aromatic rings. The summed E-state index contributed by atoms with van der Waals surface area (Å²) in [6.07, 6.45) is 0.166. The Labute approximate surface area is 198 Å². The zero-order valence-electron chi connectivity index (χ0n) is 20.1. The van der Waals surface area contributed by atoms with Crippen LogP contribution in [-0.2, 0) is 16.1 Å². The lowest BCUT2D eigenvalue weighted by Gasteiger charge is -2.43. The van der Waals surface area contributed by atoms with Crippen molar-refractivity contribution in [3.8, 4) is 11.5 Å². The Kier molecular flexibility index (Phi) is 7.83. The van der Waals surface area contributed by atoms with Gasteiger partial charge in [-0.05, 0) is 24.0 Å². The van der Waals surface area contributed by atoms with Crippen molar-refractivity contribution in [2.24, 2.45) is 16.7 Å². The van der Waals surface area contributed by atoms with Gasteiger partial charge in [0.15, 0.2) is 0 Å². The quantitative estimate of drug-likeness (QED) is 0.442. The third kappa shape index (κ3) is 4.45. The molecule has 0 bridgehead atoms. The maximum Gasteiger partial charge on any atom is 0.320 e. The van der Waals surface area contributed by atoms with Crippen LogP contribution in [0.5, 0.6) is 11.5 Å². The van der Waals surface area contributed by atoms with Gasteiger partial charge < -0.3 is 30.3 Å². The van der Waals surface area contributed by atoms with Gasteiger partial charge in [-0.1, -0.05) is 34.6 Å². The monoisotopic (exact) mass is 482 g/mol. The molecule has 2 amide bonds. The maximum atomic E-state index is 12.8. The summed E-state index contributed by atoms with van der Waals surface area (Å²) in [5.41, 5.74) is -1.51. The SMILES string of the molecule is CCC1(C(=O)O)C(NC(=O)NCc2ccc(OC)cc2OC)SC(C(=O)O)(C(C)(C)C)C1C. The molecule has 0 aliphatic carbocycles. The number of carboxylic acid groups (broad SMARTS) is 2. The van der Waals surface area contributed by atoms with Gasteiger partial charge in [-0.25, -0.2) is 4.79 Å². The van der Waals surface area contributed by atoms with E-state index in [1.807, 2.05) is 0 Å². The number of amides is 2. The lowest BCUT2D eigenvalue weighted by Crippen LogP contribution is -2.55. The summed E-state index contributed by atoms with van der Waals surface area (Å²) in [7, 11) is 3.05. The molecule has 4 unspecified atom stereocenters. The molecule has 1 saturated heterocycles. The Balaban J connectivity index is 2.31. The van der Waals surface area contributed by atoms with Gasteiger partial charge >= 0.3 is 18.0 Å². The lowest BCUT2D eigenvalue weighted by molar-refractivity contribution is -0.157. The summed E-state index contributed by atoms with van der Waals surface area (Å²) in [5.74, 6) is -1.82. The van der Waals surface area contributed by atoms with Gasteiger partial charge in [-0.3, -0.25) is 9.59 Å². The number of benzene rings is 1. The first-order valence-corrected chi connectivity index (χ1v) is 11.6. The number of rotatable bonds is 8. The molecule has 1 fully saturated rings. The average molecular weight is 483 g/mol. The fraction of sp³-hybridized carbons (Fsp3) is 0.609. The highest BCUT2D eigenvalue weighted by Gasteiger charge is 2.71. The average Bonchev–Trinajstić information content (AvgIpc) is 3.01. The van der Waals surface area contributed by atoms with Gasteiger partial charge in [0, 0.05) is 24.1 Å². The van der Waals surface area contributed by atoms with E-state index >= 15 is 0 Å². The fourth-order valence-corrected chi connectivity index (χ4v) is 6.90. The molecule has 184 valence electrons. The van der Waals surface area contributed by atoms with Gasteiger partial charge in [-0.15, -0.1) is 11.8 Å². The zero-order chi connectivity index (χ0) is 25.2. The number of aliphatic carboxylic acids is 2. The molecule has 33 heavy (non-hydrogen) atoms. The minimum atomic E-state index is -1.45. The van der Waals surface area contributed by atoms with Crippen molar-refractivity contribution in [3.05, 3.63) is 23.8 Å². The highest BCUT2D eigenvalue weighted by Crippen LogP contribution is 2.64. The van der Waals surface area contributed by atoms with E-state index in [0.717, 1.165) is 11.8 Å². The van der Waals surface area contributed by atoms with Crippen molar-refractivity contribution in [1.29, 1.82) is 0 Å². The van der Waals surface area contributed by atoms with Crippen molar-refractivity contribution in [3.63, 3.8) is 0 Å². The van der Waals surface area contributed by atoms with E-state index in [1.54, 1.807) is 52.8 Å². The molecule has 0 saturated carbocycles. The molecule has 2 rings (SSSR count). The molecule has 10 heteroatoms. The Hall–Kier alpha value is -2.62. The van der Waals surface area contributed by atoms with E-state index in [-0.39, 0.29) is 13.0 Å². The number of thioether (sulfide) groups is 1. The number of methoxy groups -OCH3 is 2. The molecule has 0 radical (unpaired) electrons. The lowest BCUT2D eigenvalue weighted by atomic mass is 9.61. The van der Waals surface area contributed by atoms with E-state index in [4.69, 9.17) is 9.47 Å². The van der Waals surface area contributed by atoms with Crippen LogP contribution in [0, 0.1) is 16.7 Å². The molecule has 1 aliphatic rings. The summed E-state index contributed by atoms with van der Waals surface area (Å²) in [5, 5.41) is 25.0. The highest BCUT2D eigenvalue weighted by molar-refractivity contribution is 8.02. The molecule has 1 heterocycles. The van der Waals surface area contributed by atoms with Crippen molar-refractivity contribution < 1.29 is 34.1 Å². The first-order chi connectivity index (χ1) is 15.3. The molecular formula is C23H34N2O7S. The molecular weight excluding hydrogens is 448 g/mol. The van der Waals surface area contributed by atoms with Crippen molar-refractivity contribution >= 4 is 29.7 Å². The number of carbonyl (C=O) groups is 3. The van der Waals surface area contributed by atoms with Gasteiger partial charge in [-0.2, -0.15) is 0 Å². The number of ether oxygens (including phenoxy) is 2. The third-order valence-electron chi connectivity index (χ3n) is 6.77. The second-order valence-corrected chi connectivity index (χ2v) is 10.6. The second kappa shape index (κ2) is 9.70. The van der Waals surface area contributed by atoms with E-state index < -0.39 is 44.8 Å². The highest BCUT2D eigenvalue weighted by atomic mass is 32.2. The molecule has 4 N–H and O–H groups in total. The van der Waals surface area contributed by atoms with Crippen molar-refractivity contribution in [2.45, 2.75) is 57.7 Å². The zero-order valence-corrected chi connectivity index (χ0v) is 21.0. The molecule has 9 nitrogen and oxygen atoms in total. The number of carboxylic acids is 2. The van der Waals surface area contributed by atoms with Gasteiger partial charge in [0.2, 0.25) is 0 Å². The number of carbonyl (C=O) groups excluding carboxylic acids is 1. The summed E-state index contributed by atoms with van der Waals surface area (Å²) in [6.45, 7) is 8.84. The Morgan fingerprint density at radius 2 is 1.76 bits per heavy atom. The Morgan fingerprint density at radius 1 is 1.12 bits per heavy atom. The topological polar surface area (TPSA) is 134 Å². The predicted octanol–water partition coefficient (Wildman–Crippen LogP) is 3.56. The van der Waals surface area contributed by atoms with Crippen LogP contribution in [0.2, 0.25) is 0 Å². The van der Waals surface area contributed by atoms with E-state index in [2.05, 4.69) is 10.6 Å². The molecule has 1 aromatic carbocycles. The minimum Gasteiger partial charge on any atom is -0.497 e. The van der Waals surface area contributed by atoms with Crippen LogP contribution in [0.4, 0.5) is 4.79 Å². The minimum absolute atomic E-state index is 0.126. The molecule has 1 aliphatic heterocycles. The smallest absolute Gasteiger partial charge is 0.320 e. The fourth-order valence-electron chi connectivity index (χ4n) is 4.81. The number of hydrogen-bond acceptors (Lipinski definition) is 6. The standard InChI is InChI=1S/C23H34N2O7S/c1-8-22(18(26)27)13(2)23(19(28)29,21(3,4)5)33-17(22)25-20(30)24-12-14-9-10-15(31-6)11-16(14)32-7/h9-11,13,17H,8,12H2,1-7H3,(H,26,27)(H,28,29)(H2,24,25,30). The summed E-state index contributed by atoms with van der Waals surface area (Å²) in [6, 6.07) is 4.60. The maximum absolute atomic E-state index is 12.8. The molecule has 0 spiro atoms. The Morgan fingerprint density at radius 3 is 2.21 bits per heavy atom. The second-order valence-electron chi connectivity index (χ2n) is 9.21.